The molecule has 14 heavy (non-hydrogen) atoms. The van der Waals surface area contributed by atoms with E-state index in [1.807, 2.05) is 0 Å². The molecule has 0 aliphatic carbocycles. The van der Waals surface area contributed by atoms with Gasteiger partial charge in [-0.25, -0.2) is 13.2 Å². The first-order valence-corrected chi connectivity index (χ1v) is 4.49. The van der Waals surface area contributed by atoms with Crippen LogP contribution in [0.25, 0.3) is 0 Å². The molecule has 4 heteroatoms. The molecule has 2 rings (SSSR count). The van der Waals surface area contributed by atoms with Crippen LogP contribution >= 0.6 is 0 Å². The number of halogens is 3. The van der Waals surface area contributed by atoms with E-state index in [2.05, 4.69) is 5.32 Å². The summed E-state index contributed by atoms with van der Waals surface area (Å²) in [4.78, 5) is 0. The maximum atomic E-state index is 13.2. The van der Waals surface area contributed by atoms with Gasteiger partial charge in [-0.05, 0) is 24.6 Å². The summed E-state index contributed by atoms with van der Waals surface area (Å²) in [5.74, 6) is -0.983. The molecule has 1 N–H and O–H groups in total. The number of rotatable bonds is 1. The van der Waals surface area contributed by atoms with E-state index in [0.29, 0.717) is 0 Å². The first kappa shape index (κ1) is 9.52. The fourth-order valence-corrected chi connectivity index (χ4v) is 1.71. The second kappa shape index (κ2) is 3.61. The van der Waals surface area contributed by atoms with Gasteiger partial charge in [0.2, 0.25) is 0 Å². The zero-order valence-electron chi connectivity index (χ0n) is 7.43. The van der Waals surface area contributed by atoms with Crippen LogP contribution in [0.15, 0.2) is 18.2 Å². The van der Waals surface area contributed by atoms with Crippen LogP contribution in [0.1, 0.15) is 18.0 Å². The van der Waals surface area contributed by atoms with Crippen molar-refractivity contribution in [1.29, 1.82) is 0 Å². The molecule has 0 aromatic heterocycles. The molecule has 0 amide bonds. The quantitative estimate of drug-likeness (QED) is 0.735. The molecule has 1 fully saturated rings. The third-order valence-corrected chi connectivity index (χ3v) is 2.41. The van der Waals surface area contributed by atoms with E-state index in [-0.39, 0.29) is 18.5 Å². The monoisotopic (exact) mass is 201 g/mol. The number of hydrogen-bond donors (Lipinski definition) is 1. The number of alkyl halides is 1. The predicted octanol–water partition coefficient (Wildman–Crippen LogP) is 2.34. The van der Waals surface area contributed by atoms with Crippen molar-refractivity contribution < 1.29 is 13.2 Å². The predicted molar refractivity (Wildman–Crippen MR) is 46.6 cm³/mol. The van der Waals surface area contributed by atoms with Crippen molar-refractivity contribution in [2.45, 2.75) is 18.6 Å². The molecule has 0 unspecified atom stereocenters. The molecular weight excluding hydrogens is 191 g/mol. The Balaban J connectivity index is 2.27. The first-order valence-electron chi connectivity index (χ1n) is 4.49. The third-order valence-electron chi connectivity index (χ3n) is 2.41. The van der Waals surface area contributed by atoms with Crippen molar-refractivity contribution in [2.24, 2.45) is 0 Å². The third kappa shape index (κ3) is 1.75. The lowest BCUT2D eigenvalue weighted by atomic mass is 10.0. The average molecular weight is 201 g/mol. The summed E-state index contributed by atoms with van der Waals surface area (Å²) in [6.45, 7) is 0.209. The minimum atomic E-state index is -0.970. The maximum absolute atomic E-state index is 13.2. The Morgan fingerprint density at radius 1 is 1.29 bits per heavy atom. The van der Waals surface area contributed by atoms with Crippen molar-refractivity contribution in [2.75, 3.05) is 6.54 Å². The Hall–Kier alpha value is -1.03. The van der Waals surface area contributed by atoms with Gasteiger partial charge in [-0.3, -0.25) is 0 Å². The highest BCUT2D eigenvalue weighted by Gasteiger charge is 2.26. The van der Waals surface area contributed by atoms with E-state index in [1.165, 1.54) is 0 Å². The molecule has 1 aromatic rings. The highest BCUT2D eigenvalue weighted by atomic mass is 19.1. The van der Waals surface area contributed by atoms with Gasteiger partial charge < -0.3 is 5.32 Å². The largest absolute Gasteiger partial charge is 0.307 e. The minimum absolute atomic E-state index is 0.209. The summed E-state index contributed by atoms with van der Waals surface area (Å²) < 4.78 is 38.8. The van der Waals surface area contributed by atoms with Crippen LogP contribution in [-0.2, 0) is 0 Å². The fraction of sp³-hybridized carbons (Fsp3) is 0.400. The Morgan fingerprint density at radius 3 is 2.71 bits per heavy atom. The highest BCUT2D eigenvalue weighted by Crippen LogP contribution is 2.27. The molecule has 1 nitrogen and oxygen atoms in total. The molecule has 0 spiro atoms. The van der Waals surface area contributed by atoms with Gasteiger partial charge >= 0.3 is 0 Å². The van der Waals surface area contributed by atoms with Crippen LogP contribution in [0.2, 0.25) is 0 Å². The van der Waals surface area contributed by atoms with Crippen molar-refractivity contribution in [1.82, 2.24) is 5.32 Å². The van der Waals surface area contributed by atoms with E-state index in [4.69, 9.17) is 0 Å². The number of benzene rings is 1. The number of hydrogen-bond acceptors (Lipinski definition) is 1. The molecule has 1 saturated heterocycles. The summed E-state index contributed by atoms with van der Waals surface area (Å²) >= 11 is 0. The first-order chi connectivity index (χ1) is 6.66. The summed E-state index contributed by atoms with van der Waals surface area (Å²) in [5, 5.41) is 2.81. The van der Waals surface area contributed by atoms with Gasteiger partial charge in [-0.15, -0.1) is 0 Å². The van der Waals surface area contributed by atoms with Crippen LogP contribution in [0.5, 0.6) is 0 Å². The maximum Gasteiger partial charge on any atom is 0.128 e. The Kier molecular flexibility index (Phi) is 2.46. The Labute approximate surface area is 79.9 Å². The number of nitrogens with one attached hydrogen (secondary N) is 1. The molecule has 1 heterocycles. The summed E-state index contributed by atoms with van der Waals surface area (Å²) in [6, 6.07) is 2.84. The van der Waals surface area contributed by atoms with Crippen molar-refractivity contribution >= 4 is 0 Å². The van der Waals surface area contributed by atoms with Crippen LogP contribution in [0.4, 0.5) is 13.2 Å². The second-order valence-corrected chi connectivity index (χ2v) is 3.46. The minimum Gasteiger partial charge on any atom is -0.307 e. The standard InChI is InChI=1S/C10H10F3N/c11-6-1-2-9(13)8(3-6)10-4-7(12)5-14-10/h1-3,7,10,14H,4-5H2/t7-,10-/m0/s1. The fourth-order valence-electron chi connectivity index (χ4n) is 1.71. The van der Waals surface area contributed by atoms with Gasteiger partial charge in [-0.1, -0.05) is 0 Å². The van der Waals surface area contributed by atoms with E-state index in [1.54, 1.807) is 0 Å². The molecule has 1 aromatic carbocycles. The van der Waals surface area contributed by atoms with Gasteiger partial charge in [0.15, 0.2) is 0 Å². The smallest absolute Gasteiger partial charge is 0.128 e. The second-order valence-electron chi connectivity index (χ2n) is 3.46. The van der Waals surface area contributed by atoms with Crippen molar-refractivity contribution in [3.05, 3.63) is 35.4 Å². The van der Waals surface area contributed by atoms with Crippen LogP contribution in [-0.4, -0.2) is 12.7 Å². The van der Waals surface area contributed by atoms with E-state index in [9.17, 15) is 13.2 Å². The lowest BCUT2D eigenvalue weighted by molar-refractivity contribution is 0.355. The highest BCUT2D eigenvalue weighted by molar-refractivity contribution is 5.23. The molecule has 1 aliphatic heterocycles. The van der Waals surface area contributed by atoms with Crippen molar-refractivity contribution in [3.63, 3.8) is 0 Å². The Morgan fingerprint density at radius 2 is 2.07 bits per heavy atom. The summed E-state index contributed by atoms with van der Waals surface area (Å²) in [6.07, 6.45) is -0.761. The average Bonchev–Trinajstić information content (AvgIpc) is 2.56. The lowest BCUT2D eigenvalue weighted by Gasteiger charge is -2.10. The van der Waals surface area contributed by atoms with E-state index in [0.717, 1.165) is 18.2 Å². The van der Waals surface area contributed by atoms with Gasteiger partial charge in [0.1, 0.15) is 17.8 Å². The molecule has 0 saturated carbocycles. The van der Waals surface area contributed by atoms with Crippen molar-refractivity contribution in [3.8, 4) is 0 Å². The molecule has 2 atom stereocenters. The molecule has 0 radical (unpaired) electrons. The van der Waals surface area contributed by atoms with Gasteiger partial charge in [0.05, 0.1) is 0 Å². The van der Waals surface area contributed by atoms with E-state index < -0.39 is 23.8 Å². The van der Waals surface area contributed by atoms with Crippen LogP contribution in [0.3, 0.4) is 0 Å². The summed E-state index contributed by atoms with van der Waals surface area (Å²) in [7, 11) is 0. The molecule has 0 bridgehead atoms. The topological polar surface area (TPSA) is 12.0 Å². The molecule has 76 valence electrons. The Bertz CT molecular complexity index is 340. The molecular formula is C10H10F3N. The lowest BCUT2D eigenvalue weighted by Crippen LogP contribution is -2.15. The van der Waals surface area contributed by atoms with E-state index >= 15 is 0 Å². The molecule has 1 aliphatic rings. The van der Waals surface area contributed by atoms with Crippen LogP contribution < -0.4 is 5.32 Å². The van der Waals surface area contributed by atoms with Gasteiger partial charge in [-0.2, -0.15) is 0 Å². The van der Waals surface area contributed by atoms with Gasteiger partial charge in [0, 0.05) is 18.2 Å². The SMILES string of the molecule is Fc1ccc(F)c([C@@H]2C[C@H](F)CN2)c1. The van der Waals surface area contributed by atoms with Gasteiger partial charge in [0.25, 0.3) is 0 Å². The zero-order valence-corrected chi connectivity index (χ0v) is 7.43. The summed E-state index contributed by atoms with van der Waals surface area (Å²) in [5.41, 5.74) is 0.213. The van der Waals surface area contributed by atoms with Crippen LogP contribution in [0, 0.1) is 11.6 Å². The normalized spacial score (nSPS) is 26.8. The zero-order chi connectivity index (χ0) is 10.1.